The van der Waals surface area contributed by atoms with Crippen molar-refractivity contribution in [3.63, 3.8) is 0 Å². The van der Waals surface area contributed by atoms with Crippen molar-refractivity contribution in [3.05, 3.63) is 0 Å². The molecule has 0 aliphatic carbocycles. The van der Waals surface area contributed by atoms with E-state index in [1.54, 1.807) is 0 Å². The minimum Gasteiger partial charge on any atom is -0.462 e. The quantitative estimate of drug-likeness (QED) is 0.0401. The minimum absolute atomic E-state index is 0.0843. The molecule has 0 aromatic rings. The van der Waals surface area contributed by atoms with Crippen LogP contribution in [0.2, 0.25) is 0 Å². The predicted molar refractivity (Wildman–Crippen MR) is 194 cm³/mol. The number of esters is 2. The molecule has 10 heteroatoms. The van der Waals surface area contributed by atoms with Crippen molar-refractivity contribution in [1.82, 2.24) is 0 Å². The molecular weight excluding hydrogens is 626 g/mol. The van der Waals surface area contributed by atoms with E-state index in [9.17, 15) is 24.9 Å². The van der Waals surface area contributed by atoms with Crippen LogP contribution < -0.4 is 5.73 Å². The van der Waals surface area contributed by atoms with Crippen LogP contribution in [0.5, 0.6) is 0 Å². The van der Waals surface area contributed by atoms with Gasteiger partial charge in [-0.2, -0.15) is 0 Å². The third kappa shape index (κ3) is 23.7. The number of carbonyl (C=O) groups excluding carboxylic acids is 2. The Hall–Kier alpha value is -1.30. The molecule has 10 nitrogen and oxygen atoms in total. The topological polar surface area (TPSA) is 158 Å². The van der Waals surface area contributed by atoms with Crippen LogP contribution in [0, 0.1) is 0 Å². The van der Waals surface area contributed by atoms with Crippen molar-refractivity contribution in [2.24, 2.45) is 5.73 Å². The summed E-state index contributed by atoms with van der Waals surface area (Å²) in [6.45, 7) is 3.99. The van der Waals surface area contributed by atoms with Crippen LogP contribution in [0.3, 0.4) is 0 Å². The number of hydrogen-bond acceptors (Lipinski definition) is 10. The molecule has 5 N–H and O–H groups in total. The zero-order chi connectivity index (χ0) is 36.0. The second-order valence-electron chi connectivity index (χ2n) is 14.2. The fourth-order valence-electron chi connectivity index (χ4n) is 6.29. The summed E-state index contributed by atoms with van der Waals surface area (Å²) in [6, 6.07) is 0. The Morgan fingerprint density at radius 3 is 1.41 bits per heavy atom. The molecule has 0 aromatic heterocycles. The minimum atomic E-state index is -1.52. The van der Waals surface area contributed by atoms with E-state index in [1.807, 2.05) is 0 Å². The zero-order valence-corrected chi connectivity index (χ0v) is 31.3. The Kier molecular flexibility index (Phi) is 29.3. The van der Waals surface area contributed by atoms with Crippen molar-refractivity contribution in [2.75, 3.05) is 19.8 Å². The van der Waals surface area contributed by atoms with Gasteiger partial charge >= 0.3 is 11.9 Å². The second-order valence-corrected chi connectivity index (χ2v) is 14.2. The summed E-state index contributed by atoms with van der Waals surface area (Å²) in [5.41, 5.74) is 5.63. The lowest BCUT2D eigenvalue weighted by Gasteiger charge is -2.40. The van der Waals surface area contributed by atoms with Gasteiger partial charge in [0.05, 0.1) is 6.61 Å². The van der Waals surface area contributed by atoms with E-state index >= 15 is 0 Å². The number of hydrogen-bond donors (Lipinski definition) is 4. The van der Waals surface area contributed by atoms with Crippen LogP contribution >= 0.6 is 0 Å². The van der Waals surface area contributed by atoms with E-state index in [0.29, 0.717) is 6.42 Å². The normalized spacial score (nSPS) is 21.5. The first-order chi connectivity index (χ1) is 23.8. The Morgan fingerprint density at radius 2 is 0.980 bits per heavy atom. The van der Waals surface area contributed by atoms with Gasteiger partial charge in [0.25, 0.3) is 0 Å². The van der Waals surface area contributed by atoms with Gasteiger partial charge in [0.2, 0.25) is 0 Å². The van der Waals surface area contributed by atoms with Crippen LogP contribution in [0.25, 0.3) is 0 Å². The molecule has 49 heavy (non-hydrogen) atoms. The highest BCUT2D eigenvalue weighted by Crippen LogP contribution is 2.22. The maximum Gasteiger partial charge on any atom is 0.306 e. The maximum atomic E-state index is 12.7. The maximum absolute atomic E-state index is 12.7. The molecule has 0 spiro atoms. The summed E-state index contributed by atoms with van der Waals surface area (Å²) in [4.78, 5) is 25.2. The summed E-state index contributed by atoms with van der Waals surface area (Å²) in [5, 5.41) is 30.6. The number of nitrogens with two attached hydrogens (primary N) is 1. The molecule has 1 aliphatic rings. The number of carbonyl (C=O) groups is 2. The molecule has 1 aliphatic heterocycles. The fraction of sp³-hybridized carbons (Fsp3) is 0.949. The van der Waals surface area contributed by atoms with Crippen molar-refractivity contribution in [2.45, 2.75) is 218 Å². The third-order valence-corrected chi connectivity index (χ3v) is 9.54. The molecule has 0 saturated carbocycles. The van der Waals surface area contributed by atoms with Crippen molar-refractivity contribution >= 4 is 11.9 Å². The van der Waals surface area contributed by atoms with Gasteiger partial charge in [0.15, 0.2) is 12.4 Å². The molecule has 1 fully saturated rings. The average Bonchev–Trinajstić information content (AvgIpc) is 3.10. The van der Waals surface area contributed by atoms with Gasteiger partial charge in [-0.05, 0) is 12.8 Å². The van der Waals surface area contributed by atoms with Crippen LogP contribution in [0.1, 0.15) is 181 Å². The smallest absolute Gasteiger partial charge is 0.306 e. The lowest BCUT2D eigenvalue weighted by atomic mass is 9.99. The molecule has 1 heterocycles. The molecule has 0 bridgehead atoms. The molecule has 0 amide bonds. The molecule has 1 rings (SSSR count). The first-order valence-corrected chi connectivity index (χ1v) is 20.2. The average molecular weight is 702 g/mol. The van der Waals surface area contributed by atoms with Gasteiger partial charge in [0.1, 0.15) is 31.0 Å². The van der Waals surface area contributed by atoms with Crippen LogP contribution in [0.4, 0.5) is 0 Å². The Bertz CT molecular complexity index is 784. The highest BCUT2D eigenvalue weighted by molar-refractivity contribution is 5.70. The number of aliphatic hydroxyl groups excluding tert-OH is 3. The van der Waals surface area contributed by atoms with E-state index < -0.39 is 42.8 Å². The van der Waals surface area contributed by atoms with Crippen LogP contribution in [0.15, 0.2) is 0 Å². The zero-order valence-electron chi connectivity index (χ0n) is 31.3. The fourth-order valence-corrected chi connectivity index (χ4v) is 6.29. The molecule has 0 unspecified atom stereocenters. The lowest BCUT2D eigenvalue weighted by molar-refractivity contribution is -0.299. The highest BCUT2D eigenvalue weighted by Gasteiger charge is 2.44. The Labute approximate surface area is 298 Å². The number of rotatable bonds is 33. The number of unbranched alkanes of at least 4 members (excludes halogenated alkanes) is 22. The van der Waals surface area contributed by atoms with E-state index in [-0.39, 0.29) is 32.1 Å². The van der Waals surface area contributed by atoms with Gasteiger partial charge in [0, 0.05) is 19.4 Å². The SMILES string of the molecule is CCCCCCCCCCCCCCC(=O)OC[C@H](CO[C@@H]1O[C@H](CN)[C@@H](O)[C@H](O)[C@H]1O)OC(=O)CCCCCCCCCCCCCC. The van der Waals surface area contributed by atoms with Crippen LogP contribution in [-0.2, 0) is 28.5 Å². The van der Waals surface area contributed by atoms with E-state index in [0.717, 1.165) is 38.5 Å². The Morgan fingerprint density at radius 1 is 0.571 bits per heavy atom. The van der Waals surface area contributed by atoms with Gasteiger partial charge in [-0.1, -0.05) is 155 Å². The summed E-state index contributed by atoms with van der Waals surface area (Å²) in [6.07, 6.45) is 21.9. The summed E-state index contributed by atoms with van der Waals surface area (Å²) >= 11 is 0. The monoisotopic (exact) mass is 702 g/mol. The van der Waals surface area contributed by atoms with E-state index in [2.05, 4.69) is 13.8 Å². The first-order valence-electron chi connectivity index (χ1n) is 20.2. The number of aliphatic hydroxyl groups is 3. The predicted octanol–water partition coefficient (Wildman–Crippen LogP) is 7.41. The van der Waals surface area contributed by atoms with Gasteiger partial charge < -0.3 is 40.0 Å². The summed E-state index contributed by atoms with van der Waals surface area (Å²) in [7, 11) is 0. The lowest BCUT2D eigenvalue weighted by Crippen LogP contribution is -2.60. The van der Waals surface area contributed by atoms with E-state index in [4.69, 9.17) is 24.7 Å². The molecule has 1 saturated heterocycles. The summed E-state index contributed by atoms with van der Waals surface area (Å²) in [5.74, 6) is -0.761. The van der Waals surface area contributed by atoms with Gasteiger partial charge in [-0.15, -0.1) is 0 Å². The van der Waals surface area contributed by atoms with Gasteiger partial charge in [-0.3, -0.25) is 9.59 Å². The standard InChI is InChI=1S/C39H75NO9/c1-3-5-7-9-11-13-15-17-19-21-23-25-27-34(41)46-30-32(31-47-39-38(45)37(44)36(43)33(29-40)49-39)48-35(42)28-26-24-22-20-18-16-14-12-10-8-6-4-2/h32-33,36-39,43-45H,3-31,40H2,1-2H3/t32-,33-,36-,37+,38-,39-/m1/s1. The molecule has 0 radical (unpaired) electrons. The molecule has 0 aromatic carbocycles. The molecule has 6 atom stereocenters. The van der Waals surface area contributed by atoms with Crippen molar-refractivity contribution < 1.29 is 43.9 Å². The molecule has 290 valence electrons. The largest absolute Gasteiger partial charge is 0.462 e. The third-order valence-electron chi connectivity index (χ3n) is 9.54. The van der Waals surface area contributed by atoms with Crippen molar-refractivity contribution in [1.29, 1.82) is 0 Å². The Balaban J connectivity index is 2.38. The summed E-state index contributed by atoms with van der Waals surface area (Å²) < 4.78 is 22.3. The second kappa shape index (κ2) is 31.4. The molecular formula is C39H75NO9. The van der Waals surface area contributed by atoms with Gasteiger partial charge in [-0.25, -0.2) is 0 Å². The first kappa shape index (κ1) is 45.7. The van der Waals surface area contributed by atoms with Crippen LogP contribution in [-0.4, -0.2) is 83.8 Å². The van der Waals surface area contributed by atoms with E-state index in [1.165, 1.54) is 116 Å². The van der Waals surface area contributed by atoms with Crippen molar-refractivity contribution in [3.8, 4) is 0 Å². The number of ether oxygens (including phenoxy) is 4. The highest BCUT2D eigenvalue weighted by atomic mass is 16.7.